The van der Waals surface area contributed by atoms with Crippen molar-refractivity contribution in [1.29, 1.82) is 0 Å². The molecule has 0 aliphatic heterocycles. The number of hydrogen-bond acceptors (Lipinski definition) is 2. The molecule has 2 fully saturated rings. The van der Waals surface area contributed by atoms with Gasteiger partial charge in [0.25, 0.3) is 0 Å². The van der Waals surface area contributed by atoms with Crippen molar-refractivity contribution in [3.8, 4) is 0 Å². The molecule has 4 aliphatic carbocycles. The zero-order chi connectivity index (χ0) is 20.3. The molecule has 0 radical (unpaired) electrons. The van der Waals surface area contributed by atoms with E-state index in [4.69, 9.17) is 0 Å². The van der Waals surface area contributed by atoms with Gasteiger partial charge in [-0.25, -0.2) is 0 Å². The summed E-state index contributed by atoms with van der Waals surface area (Å²) >= 11 is 0. The van der Waals surface area contributed by atoms with Crippen LogP contribution in [0.15, 0.2) is 22.5 Å². The van der Waals surface area contributed by atoms with Crippen molar-refractivity contribution >= 4 is 13.9 Å². The third-order valence-electron chi connectivity index (χ3n) is 8.14. The minimum atomic E-state index is -2.43. The third kappa shape index (κ3) is 3.41. The zero-order valence-corrected chi connectivity index (χ0v) is 18.6. The Kier molecular flexibility index (Phi) is 5.11. The number of hydrogen-bond donors (Lipinski definition) is 2. The van der Waals surface area contributed by atoms with Gasteiger partial charge in [-0.3, -0.25) is 4.79 Å². The highest BCUT2D eigenvalue weighted by molar-refractivity contribution is 7.43. The van der Waals surface area contributed by atoms with E-state index in [1.54, 1.807) is 0 Å². The van der Waals surface area contributed by atoms with Gasteiger partial charge in [0.1, 0.15) is 6.04 Å². The van der Waals surface area contributed by atoms with Crippen LogP contribution in [0.4, 0.5) is 0 Å². The van der Waals surface area contributed by atoms with Crippen molar-refractivity contribution in [2.45, 2.75) is 85.1 Å². The summed E-state index contributed by atoms with van der Waals surface area (Å²) in [4.78, 5) is 22.5. The summed E-state index contributed by atoms with van der Waals surface area (Å²) in [5, 5.41) is 3.59. The molecule has 0 saturated heterocycles. The smallest absolute Gasteiger partial charge is 0.344 e. The first-order valence-corrected chi connectivity index (χ1v) is 12.2. The summed E-state index contributed by atoms with van der Waals surface area (Å²) < 4.78 is 12.1. The van der Waals surface area contributed by atoms with Crippen LogP contribution in [0.1, 0.15) is 79.1 Å². The average Bonchev–Trinajstić information content (AvgIpc) is 3.01. The number of rotatable bonds is 2. The maximum Gasteiger partial charge on any atom is 0.543 e. The quantitative estimate of drug-likeness (QED) is 0.601. The van der Waals surface area contributed by atoms with Gasteiger partial charge in [0.05, 0.1) is 0 Å². The van der Waals surface area contributed by atoms with Crippen molar-refractivity contribution in [1.82, 2.24) is 5.32 Å². The Labute approximate surface area is 170 Å². The van der Waals surface area contributed by atoms with Gasteiger partial charge in [-0.15, -0.1) is 0 Å². The molecule has 0 spiro atoms. The molecule has 1 amide bonds. The van der Waals surface area contributed by atoms with Crippen molar-refractivity contribution in [3.05, 3.63) is 22.5 Å². The van der Waals surface area contributed by atoms with E-state index in [9.17, 15) is 14.3 Å². The molecule has 5 unspecified atom stereocenters. The molecule has 4 rings (SSSR count). The Bertz CT molecular complexity index is 762. The molecule has 0 aromatic carbocycles. The third-order valence-corrected chi connectivity index (χ3v) is 9.02. The molecule has 4 aliphatic rings. The molecule has 4 nitrogen and oxygen atoms in total. The zero-order valence-electron chi connectivity index (χ0n) is 17.8. The van der Waals surface area contributed by atoms with Gasteiger partial charge < -0.3 is 5.32 Å². The summed E-state index contributed by atoms with van der Waals surface area (Å²) in [5.74, 6) is 2.14. The lowest BCUT2D eigenvalue weighted by Crippen LogP contribution is -2.46. The standard InChI is InChI=1S/C23H34NO3P/c1-22(2,3)21(25)24-19-13-17-14(12-20(19)28(26)27)7-8-16-15(17)9-11-23(4)10-5-6-18(16)23/h12,15-16,18-19H,5-11,13H2,1-4H3,(H-,24,25,26,27)/p+1/t15?,16?,18?,19?,23-/m0/s1. The fraction of sp³-hybridized carbons (Fsp3) is 0.783. The fourth-order valence-electron chi connectivity index (χ4n) is 6.58. The lowest BCUT2D eigenvalue weighted by molar-refractivity contribution is -0.129. The molecule has 154 valence electrons. The predicted molar refractivity (Wildman–Crippen MR) is 112 cm³/mol. The SMILES string of the molecule is CC(C)(C)C(=O)NC1CC2=C(C=C1[P+](=O)O)CCC1C2CC[C@]2(C)CCCC12. The Hall–Kier alpha value is -0.990. The number of amides is 1. The summed E-state index contributed by atoms with van der Waals surface area (Å²) in [7, 11) is -2.43. The van der Waals surface area contributed by atoms with E-state index < -0.39 is 13.4 Å². The van der Waals surface area contributed by atoms with Crippen LogP contribution in [0.2, 0.25) is 0 Å². The molecular weight excluding hydrogens is 369 g/mol. The van der Waals surface area contributed by atoms with Crippen LogP contribution in [0.25, 0.3) is 0 Å². The minimum Gasteiger partial charge on any atom is -0.344 e. The Morgan fingerprint density at radius 2 is 2.00 bits per heavy atom. The van der Waals surface area contributed by atoms with Crippen LogP contribution in [0.3, 0.4) is 0 Å². The van der Waals surface area contributed by atoms with Crippen LogP contribution in [-0.2, 0) is 9.36 Å². The van der Waals surface area contributed by atoms with Gasteiger partial charge in [-0.2, -0.15) is 4.89 Å². The highest BCUT2D eigenvalue weighted by Gasteiger charge is 2.52. The molecule has 0 heterocycles. The van der Waals surface area contributed by atoms with Crippen LogP contribution < -0.4 is 5.32 Å². The fourth-order valence-corrected chi connectivity index (χ4v) is 7.26. The molecule has 2 N–H and O–H groups in total. The van der Waals surface area contributed by atoms with Gasteiger partial charge in [0.2, 0.25) is 11.2 Å². The Balaban J connectivity index is 1.62. The lowest BCUT2D eigenvalue weighted by Gasteiger charge is -2.50. The van der Waals surface area contributed by atoms with Crippen molar-refractivity contribution in [2.75, 3.05) is 0 Å². The molecule has 2 saturated carbocycles. The number of carbonyl (C=O) groups excluding carboxylic acids is 1. The second-order valence-electron chi connectivity index (χ2n) is 10.9. The van der Waals surface area contributed by atoms with Crippen LogP contribution in [0, 0.1) is 28.6 Å². The number of allylic oxidation sites excluding steroid dienone is 2. The summed E-state index contributed by atoms with van der Waals surface area (Å²) in [5.41, 5.74) is 2.79. The molecule has 0 aromatic rings. The second-order valence-corrected chi connectivity index (χ2v) is 11.9. The normalized spacial score (nSPS) is 38.2. The van der Waals surface area contributed by atoms with Gasteiger partial charge >= 0.3 is 8.03 Å². The topological polar surface area (TPSA) is 66.4 Å². The van der Waals surface area contributed by atoms with E-state index >= 15 is 0 Å². The van der Waals surface area contributed by atoms with Crippen molar-refractivity contribution in [3.63, 3.8) is 0 Å². The van der Waals surface area contributed by atoms with Gasteiger partial charge in [0.15, 0.2) is 0 Å². The predicted octanol–water partition coefficient (Wildman–Crippen LogP) is 5.46. The first-order chi connectivity index (χ1) is 13.1. The molecule has 0 bridgehead atoms. The average molecular weight is 405 g/mol. The van der Waals surface area contributed by atoms with Crippen LogP contribution >= 0.6 is 8.03 Å². The summed E-state index contributed by atoms with van der Waals surface area (Å²) in [6.45, 7) is 8.16. The van der Waals surface area contributed by atoms with E-state index in [1.165, 1.54) is 49.7 Å². The highest BCUT2D eigenvalue weighted by atomic mass is 31.1. The van der Waals surface area contributed by atoms with E-state index in [-0.39, 0.29) is 11.9 Å². The molecule has 5 heteroatoms. The summed E-state index contributed by atoms with van der Waals surface area (Å²) in [6, 6.07) is -0.338. The van der Waals surface area contributed by atoms with Gasteiger partial charge in [-0.1, -0.05) is 39.7 Å². The Morgan fingerprint density at radius 3 is 2.68 bits per heavy atom. The van der Waals surface area contributed by atoms with E-state index in [0.717, 1.165) is 24.7 Å². The van der Waals surface area contributed by atoms with Gasteiger partial charge in [-0.05, 0) is 84.3 Å². The highest BCUT2D eigenvalue weighted by Crippen LogP contribution is 2.61. The maximum atomic E-state index is 12.6. The molecule has 0 aromatic heterocycles. The molecule has 28 heavy (non-hydrogen) atoms. The summed E-state index contributed by atoms with van der Waals surface area (Å²) in [6.07, 6.45) is 11.6. The van der Waals surface area contributed by atoms with E-state index in [1.807, 2.05) is 26.8 Å². The van der Waals surface area contributed by atoms with Crippen molar-refractivity contribution < 1.29 is 14.3 Å². The maximum absolute atomic E-state index is 12.6. The number of carbonyl (C=O) groups is 1. The van der Waals surface area contributed by atoms with Crippen LogP contribution in [-0.4, -0.2) is 16.8 Å². The second kappa shape index (κ2) is 7.06. The van der Waals surface area contributed by atoms with E-state index in [2.05, 4.69) is 12.2 Å². The van der Waals surface area contributed by atoms with Crippen molar-refractivity contribution in [2.24, 2.45) is 28.6 Å². The minimum absolute atomic E-state index is 0.0522. The molecule has 6 atom stereocenters. The lowest BCUT2D eigenvalue weighted by atomic mass is 9.55. The first kappa shape index (κ1) is 20.3. The van der Waals surface area contributed by atoms with Gasteiger partial charge in [0, 0.05) is 5.41 Å². The first-order valence-electron chi connectivity index (χ1n) is 11.0. The number of nitrogens with one attached hydrogen (secondary N) is 1. The molecular formula is C23H35NO3P+. The Morgan fingerprint density at radius 1 is 1.25 bits per heavy atom. The number of fused-ring (bicyclic) bond motifs is 4. The van der Waals surface area contributed by atoms with Crippen LogP contribution in [0.5, 0.6) is 0 Å². The monoisotopic (exact) mass is 404 g/mol. The largest absolute Gasteiger partial charge is 0.543 e. The van der Waals surface area contributed by atoms with E-state index in [0.29, 0.717) is 16.6 Å².